The molecule has 0 atom stereocenters. The summed E-state index contributed by atoms with van der Waals surface area (Å²) in [6, 6.07) is 31.8. The van der Waals surface area contributed by atoms with Gasteiger partial charge >= 0.3 is 0 Å². The SMILES string of the molecule is C1=c2ccccc2=N/C=c2/cccc/c2=N/C=c2/cccc/c2=N/C=c2/ccccc2=N1. The van der Waals surface area contributed by atoms with Crippen LogP contribution >= 0.6 is 0 Å². The Labute approximate surface area is 184 Å². The highest BCUT2D eigenvalue weighted by molar-refractivity contribution is 5.31. The van der Waals surface area contributed by atoms with Gasteiger partial charge in [-0.2, -0.15) is 0 Å². The number of para-hydroxylation sites is 4. The van der Waals surface area contributed by atoms with E-state index in [9.17, 15) is 0 Å². The van der Waals surface area contributed by atoms with Crippen molar-refractivity contribution in [2.24, 2.45) is 20.0 Å². The topological polar surface area (TPSA) is 49.4 Å². The van der Waals surface area contributed by atoms with Crippen LogP contribution in [0.4, 0.5) is 0 Å². The first kappa shape index (κ1) is 19.5. The minimum absolute atomic E-state index is 0.846. The van der Waals surface area contributed by atoms with E-state index in [4.69, 9.17) is 20.0 Å². The van der Waals surface area contributed by atoms with Crippen molar-refractivity contribution in [3.05, 3.63) is 139 Å². The van der Waals surface area contributed by atoms with E-state index in [0.717, 1.165) is 42.3 Å². The molecule has 0 N–H and O–H groups in total. The molecular weight excluding hydrogens is 392 g/mol. The van der Waals surface area contributed by atoms with Gasteiger partial charge in [-0.05, 0) is 24.3 Å². The number of benzene rings is 4. The molecule has 0 spiro atoms. The normalized spacial score (nSPS) is 17.8. The van der Waals surface area contributed by atoms with Crippen LogP contribution in [-0.4, -0.2) is 0 Å². The van der Waals surface area contributed by atoms with Crippen LogP contribution in [0.1, 0.15) is 0 Å². The predicted molar refractivity (Wildman–Crippen MR) is 127 cm³/mol. The van der Waals surface area contributed by atoms with Crippen molar-refractivity contribution in [1.29, 1.82) is 0 Å². The zero-order valence-corrected chi connectivity index (χ0v) is 17.3. The number of rotatable bonds is 0. The van der Waals surface area contributed by atoms with Gasteiger partial charge in [0.05, 0.1) is 21.4 Å². The Bertz CT molecular complexity index is 1380. The van der Waals surface area contributed by atoms with Gasteiger partial charge in [-0.3, -0.25) is 20.0 Å². The Morgan fingerprint density at radius 2 is 0.500 bits per heavy atom. The van der Waals surface area contributed by atoms with Crippen LogP contribution in [-0.2, 0) is 0 Å². The fourth-order valence-electron chi connectivity index (χ4n) is 3.41. The summed E-state index contributed by atoms with van der Waals surface area (Å²) in [5, 5.41) is 7.14. The molecule has 5 rings (SSSR count). The molecule has 4 heteroatoms. The number of hydrogen-bond acceptors (Lipinski definition) is 4. The van der Waals surface area contributed by atoms with Gasteiger partial charge in [0.1, 0.15) is 0 Å². The summed E-state index contributed by atoms with van der Waals surface area (Å²) in [7, 11) is 0. The van der Waals surface area contributed by atoms with Crippen molar-refractivity contribution in [3.8, 4) is 0 Å². The maximum Gasteiger partial charge on any atom is 0.0717 e. The van der Waals surface area contributed by atoms with E-state index in [-0.39, 0.29) is 0 Å². The quantitative estimate of drug-likeness (QED) is 0.397. The highest BCUT2D eigenvalue weighted by Gasteiger charge is 1.90. The van der Waals surface area contributed by atoms with E-state index in [1.165, 1.54) is 0 Å². The minimum atomic E-state index is 0.846. The first-order chi connectivity index (χ1) is 15.9. The Morgan fingerprint density at radius 1 is 0.281 bits per heavy atom. The van der Waals surface area contributed by atoms with Crippen LogP contribution in [0.5, 0.6) is 0 Å². The lowest BCUT2D eigenvalue weighted by molar-refractivity contribution is 1.27. The summed E-state index contributed by atoms with van der Waals surface area (Å²) in [4.78, 5) is 19.0. The van der Waals surface area contributed by atoms with Gasteiger partial charge in [0, 0.05) is 45.7 Å². The van der Waals surface area contributed by atoms with Crippen molar-refractivity contribution in [1.82, 2.24) is 0 Å². The lowest BCUT2D eigenvalue weighted by Gasteiger charge is -1.92. The Balaban J connectivity index is 1.94. The summed E-state index contributed by atoms with van der Waals surface area (Å²) in [6.07, 6.45) is 7.40. The molecule has 0 aromatic heterocycles. The smallest absolute Gasteiger partial charge is 0.0717 e. The molecule has 0 saturated heterocycles. The van der Waals surface area contributed by atoms with Crippen molar-refractivity contribution in [3.63, 3.8) is 0 Å². The summed E-state index contributed by atoms with van der Waals surface area (Å²) in [5.74, 6) is 0. The van der Waals surface area contributed by atoms with Gasteiger partial charge in [0.25, 0.3) is 0 Å². The summed E-state index contributed by atoms with van der Waals surface area (Å²) >= 11 is 0. The van der Waals surface area contributed by atoms with Crippen molar-refractivity contribution >= 4 is 24.8 Å². The molecule has 4 aromatic rings. The average Bonchev–Trinajstić information content (AvgIpc) is 2.85. The second-order valence-electron chi connectivity index (χ2n) is 7.27. The van der Waals surface area contributed by atoms with E-state index in [1.54, 1.807) is 0 Å². The number of nitrogens with zero attached hydrogens (tertiary/aromatic N) is 4. The molecule has 1 heterocycles. The van der Waals surface area contributed by atoms with Crippen LogP contribution in [0.3, 0.4) is 0 Å². The number of hydrogen-bond donors (Lipinski definition) is 0. The molecule has 4 nitrogen and oxygen atoms in total. The summed E-state index contributed by atoms with van der Waals surface area (Å²) in [6.45, 7) is 0. The third kappa shape index (κ3) is 4.35. The maximum absolute atomic E-state index is 4.74. The first-order valence-electron chi connectivity index (χ1n) is 10.4. The third-order valence-corrected chi connectivity index (χ3v) is 5.12. The number of fused-ring (bicyclic) bond motifs is 4. The molecule has 32 heavy (non-hydrogen) atoms. The highest BCUT2D eigenvalue weighted by atomic mass is 14.7. The zero-order valence-electron chi connectivity index (χ0n) is 17.3. The van der Waals surface area contributed by atoms with Crippen LogP contribution in [0.25, 0.3) is 24.8 Å². The van der Waals surface area contributed by atoms with Gasteiger partial charge in [-0.15, -0.1) is 0 Å². The van der Waals surface area contributed by atoms with Crippen LogP contribution < -0.4 is 42.3 Å². The molecule has 0 aliphatic carbocycles. The summed E-state index contributed by atoms with van der Waals surface area (Å²) in [5.41, 5.74) is 0. The van der Waals surface area contributed by atoms with E-state index in [2.05, 4.69) is 0 Å². The van der Waals surface area contributed by atoms with E-state index in [1.807, 2.05) is 122 Å². The lowest BCUT2D eigenvalue weighted by atomic mass is 10.2. The third-order valence-electron chi connectivity index (χ3n) is 5.12. The predicted octanol–water partition coefficient (Wildman–Crippen LogP) is 0.231. The molecule has 0 fully saturated rings. The molecule has 0 unspecified atom stereocenters. The molecule has 0 radical (unpaired) electrons. The lowest BCUT2D eigenvalue weighted by Crippen LogP contribution is -2.29. The molecule has 0 saturated carbocycles. The Morgan fingerprint density at radius 3 is 0.750 bits per heavy atom. The van der Waals surface area contributed by atoms with Gasteiger partial charge in [0.15, 0.2) is 0 Å². The maximum atomic E-state index is 4.74. The molecule has 152 valence electrons. The second kappa shape index (κ2) is 9.14. The molecule has 0 amide bonds. The molecule has 1 aliphatic rings. The Kier molecular flexibility index (Phi) is 5.58. The van der Waals surface area contributed by atoms with Gasteiger partial charge in [-0.1, -0.05) is 72.8 Å². The van der Waals surface area contributed by atoms with Crippen molar-refractivity contribution in [2.75, 3.05) is 0 Å². The van der Waals surface area contributed by atoms with Crippen molar-refractivity contribution in [2.45, 2.75) is 0 Å². The molecular formula is C28H20N4. The van der Waals surface area contributed by atoms with Gasteiger partial charge < -0.3 is 0 Å². The van der Waals surface area contributed by atoms with Crippen LogP contribution in [0.2, 0.25) is 0 Å². The standard InChI is InChI=1S/C28H20N4/c1-5-13-25-21(9-1)17-29-26-14-6-2-11-23(26)19-31-28-16-8-4-12-24(28)20-32-27-15-7-3-10-22(27)18-30-25/h1-20H/b21-17-,22-18-,23-19-,24-20?,29-17?,29-26-,30-18?,30-25-,31-19?,31-28?,32-20?,32-27?. The van der Waals surface area contributed by atoms with E-state index in [0.29, 0.717) is 0 Å². The largest absolute Gasteiger partial charge is 0.256 e. The monoisotopic (exact) mass is 412 g/mol. The highest BCUT2D eigenvalue weighted by Crippen LogP contribution is 1.80. The molecule has 0 bridgehead atoms. The zero-order chi connectivity index (χ0) is 21.6. The fraction of sp³-hybridized carbons (Fsp3) is 0. The molecule has 1 aliphatic heterocycles. The van der Waals surface area contributed by atoms with Crippen LogP contribution in [0, 0.1) is 0 Å². The summed E-state index contributed by atoms with van der Waals surface area (Å²) < 4.78 is 0. The Hall–Kier alpha value is -4.44. The minimum Gasteiger partial charge on any atom is -0.256 e. The molecule has 4 aromatic carbocycles. The second-order valence-corrected chi connectivity index (χ2v) is 7.27. The van der Waals surface area contributed by atoms with Gasteiger partial charge in [0.2, 0.25) is 0 Å². The van der Waals surface area contributed by atoms with E-state index >= 15 is 0 Å². The van der Waals surface area contributed by atoms with Gasteiger partial charge in [-0.25, -0.2) is 0 Å². The van der Waals surface area contributed by atoms with Crippen LogP contribution in [0.15, 0.2) is 117 Å². The van der Waals surface area contributed by atoms with Crippen molar-refractivity contribution < 1.29 is 0 Å². The first-order valence-corrected chi connectivity index (χ1v) is 10.4. The average molecular weight is 412 g/mol. The van der Waals surface area contributed by atoms with E-state index < -0.39 is 0 Å². The fourth-order valence-corrected chi connectivity index (χ4v) is 3.41.